The minimum atomic E-state index is -1.06. The van der Waals surface area contributed by atoms with Gasteiger partial charge in [0.25, 0.3) is 5.91 Å². The summed E-state index contributed by atoms with van der Waals surface area (Å²) >= 11 is 5.88. The lowest BCUT2D eigenvalue weighted by molar-refractivity contribution is -0.131. The van der Waals surface area contributed by atoms with Crippen LogP contribution in [0.3, 0.4) is 0 Å². The minimum absolute atomic E-state index is 0.259. The van der Waals surface area contributed by atoms with E-state index in [1.807, 2.05) is 30.3 Å². The van der Waals surface area contributed by atoms with Crippen molar-refractivity contribution in [3.05, 3.63) is 70.7 Å². The molecule has 1 saturated heterocycles. The normalized spacial score (nSPS) is 21.1. The second-order valence-electron chi connectivity index (χ2n) is 5.44. The van der Waals surface area contributed by atoms with Crippen molar-refractivity contribution in [1.82, 2.24) is 10.2 Å². The number of hydrogen-bond acceptors (Lipinski definition) is 2. The van der Waals surface area contributed by atoms with Gasteiger partial charge in [-0.2, -0.15) is 0 Å². The van der Waals surface area contributed by atoms with Crippen LogP contribution in [0.2, 0.25) is 5.02 Å². The van der Waals surface area contributed by atoms with Crippen LogP contribution in [-0.4, -0.2) is 16.8 Å². The molecule has 1 unspecified atom stereocenters. The average Bonchev–Trinajstić information content (AvgIpc) is 2.73. The first-order chi connectivity index (χ1) is 10.5. The van der Waals surface area contributed by atoms with Gasteiger partial charge in [0.15, 0.2) is 0 Å². The number of hydrogen-bond donors (Lipinski definition) is 1. The lowest BCUT2D eigenvalue weighted by Gasteiger charge is -2.22. The fourth-order valence-electron chi connectivity index (χ4n) is 2.59. The predicted molar refractivity (Wildman–Crippen MR) is 84.3 cm³/mol. The highest BCUT2D eigenvalue weighted by atomic mass is 35.5. The second-order valence-corrected chi connectivity index (χ2v) is 5.88. The van der Waals surface area contributed by atoms with Gasteiger partial charge < -0.3 is 5.32 Å². The van der Waals surface area contributed by atoms with Crippen molar-refractivity contribution >= 4 is 23.5 Å². The van der Waals surface area contributed by atoms with Crippen molar-refractivity contribution in [3.63, 3.8) is 0 Å². The van der Waals surface area contributed by atoms with E-state index in [-0.39, 0.29) is 18.5 Å². The number of imide groups is 1. The number of amides is 3. The van der Waals surface area contributed by atoms with Gasteiger partial charge in [0.2, 0.25) is 0 Å². The van der Waals surface area contributed by atoms with Crippen LogP contribution in [0.25, 0.3) is 0 Å². The van der Waals surface area contributed by atoms with Crippen molar-refractivity contribution < 1.29 is 9.59 Å². The number of carbonyl (C=O) groups excluding carboxylic acids is 2. The number of carbonyl (C=O) groups is 2. The van der Waals surface area contributed by atoms with Crippen LogP contribution in [-0.2, 0) is 16.9 Å². The Bertz CT molecular complexity index is 715. The van der Waals surface area contributed by atoms with E-state index in [0.29, 0.717) is 10.6 Å². The molecule has 0 saturated carbocycles. The van der Waals surface area contributed by atoms with Crippen molar-refractivity contribution in [1.29, 1.82) is 0 Å². The Morgan fingerprint density at radius 3 is 2.32 bits per heavy atom. The van der Waals surface area contributed by atoms with Crippen LogP contribution in [0.15, 0.2) is 54.6 Å². The number of halogens is 1. The molecule has 0 radical (unpaired) electrons. The summed E-state index contributed by atoms with van der Waals surface area (Å²) in [4.78, 5) is 26.2. The Morgan fingerprint density at radius 2 is 1.68 bits per heavy atom. The van der Waals surface area contributed by atoms with E-state index in [4.69, 9.17) is 11.6 Å². The van der Waals surface area contributed by atoms with Crippen molar-refractivity contribution in [2.75, 3.05) is 0 Å². The molecule has 0 bridgehead atoms. The summed E-state index contributed by atoms with van der Waals surface area (Å²) in [6.45, 7) is 1.97. The van der Waals surface area contributed by atoms with E-state index >= 15 is 0 Å². The molecule has 1 N–H and O–H groups in total. The number of nitrogens with zero attached hydrogens (tertiary/aromatic N) is 1. The lowest BCUT2D eigenvalue weighted by atomic mass is 9.92. The van der Waals surface area contributed by atoms with Crippen LogP contribution in [0, 0.1) is 0 Å². The van der Waals surface area contributed by atoms with E-state index in [9.17, 15) is 9.59 Å². The summed E-state index contributed by atoms with van der Waals surface area (Å²) < 4.78 is 0. The van der Waals surface area contributed by atoms with E-state index in [1.165, 1.54) is 4.90 Å². The van der Waals surface area contributed by atoms with Crippen molar-refractivity contribution in [3.8, 4) is 0 Å². The third kappa shape index (κ3) is 2.46. The molecule has 1 heterocycles. The first-order valence-corrected chi connectivity index (χ1v) is 7.32. The Hall–Kier alpha value is -2.33. The number of benzene rings is 2. The standard InChI is InChI=1S/C17H15ClN2O2/c1-17(13-7-9-14(18)10-8-13)15(21)20(16(22)19-17)11-12-5-3-2-4-6-12/h2-10H,11H2,1H3,(H,19,22). The van der Waals surface area contributed by atoms with Crippen molar-refractivity contribution in [2.24, 2.45) is 0 Å². The van der Waals surface area contributed by atoms with Crippen LogP contribution < -0.4 is 5.32 Å². The summed E-state index contributed by atoms with van der Waals surface area (Å²) in [5, 5.41) is 3.37. The summed E-state index contributed by atoms with van der Waals surface area (Å²) in [6, 6.07) is 16.0. The van der Waals surface area contributed by atoms with Gasteiger partial charge in [-0.05, 0) is 30.2 Å². The summed E-state index contributed by atoms with van der Waals surface area (Å²) in [6.07, 6.45) is 0. The Kier molecular flexibility index (Phi) is 3.62. The molecule has 112 valence electrons. The number of nitrogens with one attached hydrogen (secondary N) is 1. The fourth-order valence-corrected chi connectivity index (χ4v) is 2.71. The van der Waals surface area contributed by atoms with E-state index in [0.717, 1.165) is 5.56 Å². The second kappa shape index (κ2) is 5.46. The van der Waals surface area contributed by atoms with Crippen LogP contribution in [0.1, 0.15) is 18.1 Å². The molecule has 22 heavy (non-hydrogen) atoms. The summed E-state index contributed by atoms with van der Waals surface area (Å²) in [7, 11) is 0. The quantitative estimate of drug-likeness (QED) is 0.884. The molecule has 0 aromatic heterocycles. The zero-order valence-corrected chi connectivity index (χ0v) is 12.8. The number of urea groups is 1. The first kappa shape index (κ1) is 14.6. The van der Waals surface area contributed by atoms with Crippen molar-refractivity contribution in [2.45, 2.75) is 19.0 Å². The highest BCUT2D eigenvalue weighted by Gasteiger charge is 2.48. The molecule has 1 fully saturated rings. The lowest BCUT2D eigenvalue weighted by Crippen LogP contribution is -2.40. The summed E-state index contributed by atoms with van der Waals surface area (Å²) in [5.41, 5.74) is 0.563. The number of rotatable bonds is 3. The monoisotopic (exact) mass is 314 g/mol. The Morgan fingerprint density at radius 1 is 1.05 bits per heavy atom. The van der Waals surface area contributed by atoms with Gasteiger partial charge in [0.05, 0.1) is 6.54 Å². The molecule has 4 nitrogen and oxygen atoms in total. The SMILES string of the molecule is CC1(c2ccc(Cl)cc2)NC(=O)N(Cc2ccccc2)C1=O. The molecule has 1 aliphatic heterocycles. The smallest absolute Gasteiger partial charge is 0.319 e. The van der Waals surface area contributed by atoms with Crippen LogP contribution >= 0.6 is 11.6 Å². The zero-order chi connectivity index (χ0) is 15.7. The fraction of sp³-hybridized carbons (Fsp3) is 0.176. The molecule has 1 atom stereocenters. The van der Waals surface area contributed by atoms with Gasteiger partial charge in [0, 0.05) is 5.02 Å². The highest BCUT2D eigenvalue weighted by molar-refractivity contribution is 6.30. The molecule has 5 heteroatoms. The first-order valence-electron chi connectivity index (χ1n) is 6.95. The maximum atomic E-state index is 12.7. The van der Waals surface area contributed by atoms with Gasteiger partial charge in [0.1, 0.15) is 5.54 Å². The van der Waals surface area contributed by atoms with Crippen LogP contribution in [0.5, 0.6) is 0 Å². The third-order valence-electron chi connectivity index (χ3n) is 3.88. The zero-order valence-electron chi connectivity index (χ0n) is 12.0. The molecular weight excluding hydrogens is 300 g/mol. The van der Waals surface area contributed by atoms with E-state index in [2.05, 4.69) is 5.32 Å². The highest BCUT2D eigenvalue weighted by Crippen LogP contribution is 2.30. The maximum Gasteiger partial charge on any atom is 0.325 e. The molecule has 0 spiro atoms. The Labute approximate surface area is 133 Å². The van der Waals surface area contributed by atoms with E-state index in [1.54, 1.807) is 31.2 Å². The van der Waals surface area contributed by atoms with Crippen LogP contribution in [0.4, 0.5) is 4.79 Å². The molecule has 2 aromatic rings. The summed E-state index contributed by atoms with van der Waals surface area (Å²) in [5.74, 6) is -0.260. The topological polar surface area (TPSA) is 49.4 Å². The molecular formula is C17H15ClN2O2. The van der Waals surface area contributed by atoms with Gasteiger partial charge in [-0.3, -0.25) is 9.69 Å². The molecule has 3 amide bonds. The van der Waals surface area contributed by atoms with Gasteiger partial charge in [-0.1, -0.05) is 54.1 Å². The maximum absolute atomic E-state index is 12.7. The largest absolute Gasteiger partial charge is 0.325 e. The molecule has 1 aliphatic rings. The molecule has 3 rings (SSSR count). The molecule has 0 aliphatic carbocycles. The Balaban J connectivity index is 1.89. The minimum Gasteiger partial charge on any atom is -0.319 e. The van der Waals surface area contributed by atoms with Gasteiger partial charge in [-0.15, -0.1) is 0 Å². The van der Waals surface area contributed by atoms with E-state index < -0.39 is 5.54 Å². The third-order valence-corrected chi connectivity index (χ3v) is 4.13. The predicted octanol–water partition coefficient (Wildman–Crippen LogP) is 3.31. The van der Waals surface area contributed by atoms with Gasteiger partial charge >= 0.3 is 6.03 Å². The van der Waals surface area contributed by atoms with Gasteiger partial charge in [-0.25, -0.2) is 4.79 Å². The molecule has 2 aromatic carbocycles. The average molecular weight is 315 g/mol.